The Morgan fingerprint density at radius 2 is 1.62 bits per heavy atom. The standard InChI is InChI=1S/C27H20ClN3O2S/c28-21-13-7-6-12-20(21)26(33)29-22(18-9-2-1-3-10-18)16-24(32)30-27-31-25-19-11-5-4-8-17(19)14-15-23(25)34-27/h1-15,22H,16H2,(H,29,33)(H,30,31,32)/t22-/m1/s1. The summed E-state index contributed by atoms with van der Waals surface area (Å²) in [5, 5.41) is 8.90. The molecular weight excluding hydrogens is 466 g/mol. The Morgan fingerprint density at radius 1 is 0.882 bits per heavy atom. The van der Waals surface area contributed by atoms with E-state index in [9.17, 15) is 9.59 Å². The molecule has 1 heterocycles. The van der Waals surface area contributed by atoms with Gasteiger partial charge in [-0.25, -0.2) is 4.98 Å². The molecule has 0 spiro atoms. The molecule has 4 aromatic carbocycles. The van der Waals surface area contributed by atoms with Gasteiger partial charge in [-0.3, -0.25) is 9.59 Å². The molecule has 0 radical (unpaired) electrons. The van der Waals surface area contributed by atoms with Crippen LogP contribution >= 0.6 is 22.9 Å². The van der Waals surface area contributed by atoms with Gasteiger partial charge in [0.25, 0.3) is 5.91 Å². The highest BCUT2D eigenvalue weighted by Crippen LogP contribution is 2.32. The second-order valence-electron chi connectivity index (χ2n) is 7.82. The van der Waals surface area contributed by atoms with E-state index in [1.807, 2.05) is 60.7 Å². The third-order valence-corrected chi connectivity index (χ3v) is 6.81. The van der Waals surface area contributed by atoms with E-state index in [2.05, 4.69) is 21.7 Å². The molecule has 168 valence electrons. The molecule has 0 saturated carbocycles. The van der Waals surface area contributed by atoms with Gasteiger partial charge in [0, 0.05) is 5.39 Å². The summed E-state index contributed by atoms with van der Waals surface area (Å²) in [6.07, 6.45) is 0.0525. The molecular formula is C27H20ClN3O2S. The van der Waals surface area contributed by atoms with Crippen molar-refractivity contribution in [3.8, 4) is 0 Å². The van der Waals surface area contributed by atoms with E-state index in [4.69, 9.17) is 11.6 Å². The maximum absolute atomic E-state index is 13.0. The number of benzene rings is 4. The van der Waals surface area contributed by atoms with Gasteiger partial charge in [-0.05, 0) is 29.1 Å². The normalized spacial score (nSPS) is 11.9. The van der Waals surface area contributed by atoms with Crippen LogP contribution in [0.15, 0.2) is 91.0 Å². The number of rotatable bonds is 6. The lowest BCUT2D eigenvalue weighted by atomic mass is 10.0. The number of hydrogen-bond donors (Lipinski definition) is 2. The van der Waals surface area contributed by atoms with Gasteiger partial charge in [0.15, 0.2) is 5.13 Å². The number of thiazole rings is 1. The first-order valence-corrected chi connectivity index (χ1v) is 12.0. The lowest BCUT2D eigenvalue weighted by Gasteiger charge is -2.19. The van der Waals surface area contributed by atoms with Crippen LogP contribution in [0, 0.1) is 0 Å². The Morgan fingerprint density at radius 3 is 2.44 bits per heavy atom. The summed E-state index contributed by atoms with van der Waals surface area (Å²) in [5.41, 5.74) is 2.06. The SMILES string of the molecule is O=C(C[C@@H](NC(=O)c1ccccc1Cl)c1ccccc1)Nc1nc2c(ccc3ccccc32)s1. The van der Waals surface area contributed by atoms with Crippen molar-refractivity contribution < 1.29 is 9.59 Å². The van der Waals surface area contributed by atoms with Crippen molar-refractivity contribution in [1.29, 1.82) is 0 Å². The fourth-order valence-corrected chi connectivity index (χ4v) is 5.01. The second-order valence-corrected chi connectivity index (χ2v) is 9.26. The predicted octanol–water partition coefficient (Wildman–Crippen LogP) is 6.60. The Hall–Kier alpha value is -3.74. The van der Waals surface area contributed by atoms with Crippen molar-refractivity contribution in [1.82, 2.24) is 10.3 Å². The molecule has 1 aromatic heterocycles. The van der Waals surface area contributed by atoms with Gasteiger partial charge in [0.1, 0.15) is 0 Å². The molecule has 5 nitrogen and oxygen atoms in total. The number of hydrogen-bond acceptors (Lipinski definition) is 4. The third-order valence-electron chi connectivity index (χ3n) is 5.55. The number of carbonyl (C=O) groups is 2. The van der Waals surface area contributed by atoms with Gasteiger partial charge in [-0.2, -0.15) is 0 Å². The molecule has 0 unspecified atom stereocenters. The van der Waals surface area contributed by atoms with E-state index in [-0.39, 0.29) is 18.2 Å². The molecule has 0 aliphatic heterocycles. The minimum absolute atomic E-state index is 0.0525. The van der Waals surface area contributed by atoms with Crippen LogP contribution in [-0.2, 0) is 4.79 Å². The largest absolute Gasteiger partial charge is 0.345 e. The van der Waals surface area contributed by atoms with Crippen molar-refractivity contribution in [2.24, 2.45) is 0 Å². The van der Waals surface area contributed by atoms with Crippen LogP contribution in [0.4, 0.5) is 5.13 Å². The van der Waals surface area contributed by atoms with Gasteiger partial charge < -0.3 is 10.6 Å². The van der Waals surface area contributed by atoms with Crippen molar-refractivity contribution >= 4 is 60.9 Å². The molecule has 0 aliphatic rings. The Kier molecular flexibility index (Phi) is 6.25. The number of halogens is 1. The first-order chi connectivity index (χ1) is 16.6. The second kappa shape index (κ2) is 9.63. The van der Waals surface area contributed by atoms with Crippen molar-refractivity contribution in [3.05, 3.63) is 107 Å². The van der Waals surface area contributed by atoms with E-state index in [1.54, 1.807) is 24.3 Å². The van der Waals surface area contributed by atoms with Gasteiger partial charge in [0.05, 0.1) is 33.3 Å². The van der Waals surface area contributed by atoms with Crippen LogP contribution in [0.3, 0.4) is 0 Å². The molecule has 7 heteroatoms. The third kappa shape index (κ3) is 4.64. The first-order valence-electron chi connectivity index (χ1n) is 10.8. The maximum Gasteiger partial charge on any atom is 0.253 e. The lowest BCUT2D eigenvalue weighted by molar-refractivity contribution is -0.116. The summed E-state index contributed by atoms with van der Waals surface area (Å²) in [5.74, 6) is -0.574. The number of aromatic nitrogens is 1. The van der Waals surface area contributed by atoms with E-state index in [0.717, 1.165) is 26.6 Å². The van der Waals surface area contributed by atoms with E-state index in [0.29, 0.717) is 15.7 Å². The molecule has 0 bridgehead atoms. The van der Waals surface area contributed by atoms with Crippen molar-refractivity contribution in [2.45, 2.75) is 12.5 Å². The van der Waals surface area contributed by atoms with Crippen LogP contribution < -0.4 is 10.6 Å². The molecule has 0 saturated heterocycles. The van der Waals surface area contributed by atoms with Gasteiger partial charge >= 0.3 is 0 Å². The number of anilines is 1. The highest BCUT2D eigenvalue weighted by atomic mass is 35.5. The van der Waals surface area contributed by atoms with Crippen LogP contribution in [0.1, 0.15) is 28.4 Å². The number of nitrogens with one attached hydrogen (secondary N) is 2. The first kappa shape index (κ1) is 22.1. The molecule has 1 atom stereocenters. The van der Waals surface area contributed by atoms with Gasteiger partial charge in [0.2, 0.25) is 5.91 Å². The quantitative estimate of drug-likeness (QED) is 0.284. The monoisotopic (exact) mass is 485 g/mol. The molecule has 0 aliphatic carbocycles. The topological polar surface area (TPSA) is 71.1 Å². The van der Waals surface area contributed by atoms with Gasteiger partial charge in [-0.15, -0.1) is 0 Å². The summed E-state index contributed by atoms with van der Waals surface area (Å²) in [6.45, 7) is 0. The zero-order valence-electron chi connectivity index (χ0n) is 18.0. The Labute approximate surface area is 205 Å². The summed E-state index contributed by atoms with van der Waals surface area (Å²) >= 11 is 7.62. The zero-order valence-corrected chi connectivity index (χ0v) is 19.6. The summed E-state index contributed by atoms with van der Waals surface area (Å²) in [7, 11) is 0. The average molecular weight is 486 g/mol. The lowest BCUT2D eigenvalue weighted by Crippen LogP contribution is -2.31. The fourth-order valence-electron chi connectivity index (χ4n) is 3.89. The van der Waals surface area contributed by atoms with Crippen molar-refractivity contribution in [2.75, 3.05) is 5.32 Å². The number of fused-ring (bicyclic) bond motifs is 3. The smallest absolute Gasteiger partial charge is 0.253 e. The van der Waals surface area contributed by atoms with Crippen LogP contribution in [0.25, 0.3) is 21.0 Å². The zero-order chi connectivity index (χ0) is 23.5. The number of amides is 2. The number of carbonyl (C=O) groups excluding carboxylic acids is 2. The van der Waals surface area contributed by atoms with Crippen LogP contribution in [-0.4, -0.2) is 16.8 Å². The average Bonchev–Trinajstić information content (AvgIpc) is 3.27. The fraction of sp³-hybridized carbons (Fsp3) is 0.0741. The summed E-state index contributed by atoms with van der Waals surface area (Å²) in [6, 6.07) is 27.8. The molecule has 2 N–H and O–H groups in total. The van der Waals surface area contributed by atoms with E-state index < -0.39 is 6.04 Å². The molecule has 34 heavy (non-hydrogen) atoms. The minimum Gasteiger partial charge on any atom is -0.345 e. The maximum atomic E-state index is 13.0. The highest BCUT2D eigenvalue weighted by molar-refractivity contribution is 7.22. The molecule has 2 amide bonds. The highest BCUT2D eigenvalue weighted by Gasteiger charge is 2.21. The van der Waals surface area contributed by atoms with Crippen LogP contribution in [0.2, 0.25) is 5.02 Å². The molecule has 5 aromatic rings. The van der Waals surface area contributed by atoms with Gasteiger partial charge in [-0.1, -0.05) is 95.7 Å². The number of nitrogens with zero attached hydrogens (tertiary/aromatic N) is 1. The minimum atomic E-state index is -0.528. The predicted molar refractivity (Wildman–Crippen MR) is 138 cm³/mol. The van der Waals surface area contributed by atoms with E-state index >= 15 is 0 Å². The Balaban J connectivity index is 1.37. The summed E-state index contributed by atoms with van der Waals surface area (Å²) < 4.78 is 1.00. The molecule has 0 fully saturated rings. The Bertz CT molecular complexity index is 1500. The van der Waals surface area contributed by atoms with E-state index in [1.165, 1.54) is 11.3 Å². The van der Waals surface area contributed by atoms with Crippen molar-refractivity contribution in [3.63, 3.8) is 0 Å². The van der Waals surface area contributed by atoms with Crippen LogP contribution in [0.5, 0.6) is 0 Å². The summed E-state index contributed by atoms with van der Waals surface area (Å²) in [4.78, 5) is 30.6. The molecule has 5 rings (SSSR count).